The van der Waals surface area contributed by atoms with Crippen LogP contribution in [-0.4, -0.2) is 26.1 Å². The summed E-state index contributed by atoms with van der Waals surface area (Å²) in [6.07, 6.45) is 6.42. The third-order valence-electron chi connectivity index (χ3n) is 2.73. The average molecular weight is 227 g/mol. The molecule has 3 heterocycles. The van der Waals surface area contributed by atoms with Gasteiger partial charge in [0.1, 0.15) is 0 Å². The van der Waals surface area contributed by atoms with Crippen molar-refractivity contribution in [3.8, 4) is 11.3 Å². The molecule has 3 aromatic rings. The van der Waals surface area contributed by atoms with Gasteiger partial charge < -0.3 is 10.7 Å². The van der Waals surface area contributed by atoms with Gasteiger partial charge in [-0.25, -0.2) is 9.50 Å². The van der Waals surface area contributed by atoms with Crippen LogP contribution in [0.15, 0.2) is 36.8 Å². The maximum absolute atomic E-state index is 5.57. The highest BCUT2D eigenvalue weighted by molar-refractivity contribution is 5.59. The Kier molecular flexibility index (Phi) is 2.38. The summed E-state index contributed by atoms with van der Waals surface area (Å²) in [4.78, 5) is 7.32. The molecule has 0 radical (unpaired) electrons. The summed E-state index contributed by atoms with van der Waals surface area (Å²) in [5.41, 5.74) is 9.46. The largest absolute Gasteiger partial charge is 0.367 e. The molecule has 5 heteroatoms. The van der Waals surface area contributed by atoms with E-state index in [9.17, 15) is 0 Å². The number of nitrogens with one attached hydrogen (secondary N) is 1. The maximum atomic E-state index is 5.57. The fraction of sp³-hybridized carbons (Fsp3) is 0.167. The molecule has 3 N–H and O–H groups in total. The van der Waals surface area contributed by atoms with E-state index in [1.807, 2.05) is 41.3 Å². The van der Waals surface area contributed by atoms with Crippen LogP contribution in [-0.2, 0) is 6.42 Å². The van der Waals surface area contributed by atoms with Crippen molar-refractivity contribution in [2.24, 2.45) is 5.73 Å². The van der Waals surface area contributed by atoms with Gasteiger partial charge in [0.25, 0.3) is 0 Å². The van der Waals surface area contributed by atoms with Crippen molar-refractivity contribution in [3.63, 3.8) is 0 Å². The molecule has 5 nitrogen and oxygen atoms in total. The maximum Gasteiger partial charge on any atom is 0.153 e. The molecule has 0 aromatic carbocycles. The SMILES string of the molecule is NCCc1cnc2ccc(-c3cc[nH]c3)nn12. The molecular formula is C12H13N5. The van der Waals surface area contributed by atoms with Crippen LogP contribution in [0.2, 0.25) is 0 Å². The Balaban J connectivity index is 2.13. The van der Waals surface area contributed by atoms with Crippen LogP contribution < -0.4 is 5.73 Å². The quantitative estimate of drug-likeness (QED) is 0.706. The van der Waals surface area contributed by atoms with Crippen LogP contribution in [0.3, 0.4) is 0 Å². The normalized spacial score (nSPS) is 11.1. The fourth-order valence-electron chi connectivity index (χ4n) is 1.88. The first kappa shape index (κ1) is 10.0. The number of fused-ring (bicyclic) bond motifs is 1. The molecule has 0 aliphatic rings. The van der Waals surface area contributed by atoms with Gasteiger partial charge in [-0.3, -0.25) is 0 Å². The minimum Gasteiger partial charge on any atom is -0.367 e. The second kappa shape index (κ2) is 4.03. The van der Waals surface area contributed by atoms with E-state index in [0.29, 0.717) is 6.54 Å². The molecule has 0 bridgehead atoms. The number of H-pyrrole nitrogens is 1. The average Bonchev–Trinajstić information content (AvgIpc) is 2.98. The standard InChI is InChI=1S/C12H13N5/c13-5-3-10-8-15-12-2-1-11(16-17(10)12)9-4-6-14-7-9/h1-2,4,6-8,14H,3,5,13H2. The lowest BCUT2D eigenvalue weighted by molar-refractivity contribution is 0.830. The molecule has 17 heavy (non-hydrogen) atoms. The molecule has 0 aliphatic carbocycles. The van der Waals surface area contributed by atoms with Crippen molar-refractivity contribution in [3.05, 3.63) is 42.5 Å². The van der Waals surface area contributed by atoms with Crippen LogP contribution in [0.5, 0.6) is 0 Å². The summed E-state index contributed by atoms with van der Waals surface area (Å²) in [5, 5.41) is 4.57. The Labute approximate surface area is 98.3 Å². The topological polar surface area (TPSA) is 72.0 Å². The molecule has 3 aromatic heterocycles. The number of rotatable bonds is 3. The van der Waals surface area contributed by atoms with Gasteiger partial charge in [0.2, 0.25) is 0 Å². The van der Waals surface area contributed by atoms with Crippen LogP contribution in [0.25, 0.3) is 16.9 Å². The van der Waals surface area contributed by atoms with Gasteiger partial charge in [0, 0.05) is 24.4 Å². The summed E-state index contributed by atoms with van der Waals surface area (Å²) in [6, 6.07) is 5.93. The van der Waals surface area contributed by atoms with Crippen LogP contribution in [0.4, 0.5) is 0 Å². The summed E-state index contributed by atoms with van der Waals surface area (Å²) >= 11 is 0. The molecular weight excluding hydrogens is 214 g/mol. The molecule has 3 rings (SSSR count). The fourth-order valence-corrected chi connectivity index (χ4v) is 1.88. The molecule has 0 atom stereocenters. The van der Waals surface area contributed by atoms with Crippen LogP contribution >= 0.6 is 0 Å². The van der Waals surface area contributed by atoms with Gasteiger partial charge in [-0.2, -0.15) is 5.10 Å². The van der Waals surface area contributed by atoms with Crippen molar-refractivity contribution in [2.45, 2.75) is 6.42 Å². The first-order valence-corrected chi connectivity index (χ1v) is 5.55. The lowest BCUT2D eigenvalue weighted by atomic mass is 10.2. The number of nitrogens with zero attached hydrogens (tertiary/aromatic N) is 3. The number of aromatic nitrogens is 4. The predicted octanol–water partition coefficient (Wildman–Crippen LogP) is 1.23. The van der Waals surface area contributed by atoms with Crippen LogP contribution in [0, 0.1) is 0 Å². The summed E-state index contributed by atoms with van der Waals surface area (Å²) in [7, 11) is 0. The van der Waals surface area contributed by atoms with Gasteiger partial charge in [0.05, 0.1) is 17.6 Å². The molecule has 0 saturated heterocycles. The Morgan fingerprint density at radius 2 is 2.24 bits per heavy atom. The number of hydrogen-bond donors (Lipinski definition) is 2. The number of nitrogens with two attached hydrogens (primary N) is 1. The van der Waals surface area contributed by atoms with Gasteiger partial charge in [-0.05, 0) is 24.7 Å². The van der Waals surface area contributed by atoms with Gasteiger partial charge in [-0.1, -0.05) is 0 Å². The van der Waals surface area contributed by atoms with Crippen molar-refractivity contribution >= 4 is 5.65 Å². The third-order valence-corrected chi connectivity index (χ3v) is 2.73. The molecule has 0 unspecified atom stereocenters. The van der Waals surface area contributed by atoms with E-state index in [-0.39, 0.29) is 0 Å². The van der Waals surface area contributed by atoms with E-state index in [4.69, 9.17) is 5.73 Å². The summed E-state index contributed by atoms with van der Waals surface area (Å²) in [6.45, 7) is 0.601. The zero-order valence-corrected chi connectivity index (χ0v) is 9.30. The zero-order chi connectivity index (χ0) is 11.7. The molecule has 0 aliphatic heterocycles. The molecule has 0 saturated carbocycles. The van der Waals surface area contributed by atoms with E-state index in [0.717, 1.165) is 29.0 Å². The minimum atomic E-state index is 0.601. The molecule has 86 valence electrons. The molecule has 0 fully saturated rings. The number of hydrogen-bond acceptors (Lipinski definition) is 3. The van der Waals surface area contributed by atoms with Gasteiger partial charge >= 0.3 is 0 Å². The summed E-state index contributed by atoms with van der Waals surface area (Å²) < 4.78 is 1.86. The van der Waals surface area contributed by atoms with Crippen molar-refractivity contribution in [1.29, 1.82) is 0 Å². The first-order valence-electron chi connectivity index (χ1n) is 5.55. The van der Waals surface area contributed by atoms with E-state index in [1.165, 1.54) is 0 Å². The Morgan fingerprint density at radius 1 is 1.29 bits per heavy atom. The summed E-state index contributed by atoms with van der Waals surface area (Å²) in [5.74, 6) is 0. The van der Waals surface area contributed by atoms with Crippen molar-refractivity contribution in [1.82, 2.24) is 19.6 Å². The van der Waals surface area contributed by atoms with Crippen molar-refractivity contribution < 1.29 is 0 Å². The molecule has 0 amide bonds. The highest BCUT2D eigenvalue weighted by Gasteiger charge is 2.06. The second-order valence-electron chi connectivity index (χ2n) is 3.88. The van der Waals surface area contributed by atoms with Gasteiger partial charge in [-0.15, -0.1) is 0 Å². The third kappa shape index (κ3) is 1.70. The first-order chi connectivity index (χ1) is 8.38. The lowest BCUT2D eigenvalue weighted by Crippen LogP contribution is -2.06. The Morgan fingerprint density at radius 3 is 3.00 bits per heavy atom. The highest BCUT2D eigenvalue weighted by atomic mass is 15.3. The van der Waals surface area contributed by atoms with E-state index in [1.54, 1.807) is 0 Å². The number of imidazole rings is 1. The van der Waals surface area contributed by atoms with E-state index < -0.39 is 0 Å². The van der Waals surface area contributed by atoms with E-state index in [2.05, 4.69) is 15.1 Å². The minimum absolute atomic E-state index is 0.601. The van der Waals surface area contributed by atoms with Gasteiger partial charge in [0.15, 0.2) is 5.65 Å². The molecule has 0 spiro atoms. The number of aromatic amines is 1. The zero-order valence-electron chi connectivity index (χ0n) is 9.30. The second-order valence-corrected chi connectivity index (χ2v) is 3.88. The predicted molar refractivity (Wildman–Crippen MR) is 65.5 cm³/mol. The highest BCUT2D eigenvalue weighted by Crippen LogP contribution is 2.16. The monoisotopic (exact) mass is 227 g/mol. The van der Waals surface area contributed by atoms with Crippen molar-refractivity contribution in [2.75, 3.05) is 6.54 Å². The van der Waals surface area contributed by atoms with Crippen LogP contribution in [0.1, 0.15) is 5.69 Å². The Bertz CT molecular complexity index is 623. The Hall–Kier alpha value is -2.14. The smallest absolute Gasteiger partial charge is 0.153 e. The lowest BCUT2D eigenvalue weighted by Gasteiger charge is -2.01. The van der Waals surface area contributed by atoms with E-state index >= 15 is 0 Å².